The van der Waals surface area contributed by atoms with Gasteiger partial charge < -0.3 is 15.4 Å². The summed E-state index contributed by atoms with van der Waals surface area (Å²) in [5.74, 6) is 0.0920. The van der Waals surface area contributed by atoms with Gasteiger partial charge in [0.2, 0.25) is 11.8 Å². The topological polar surface area (TPSA) is 72.6 Å². The van der Waals surface area contributed by atoms with Gasteiger partial charge in [-0.1, -0.05) is 53.5 Å². The molecule has 0 fully saturated rings. The number of benzene rings is 2. The van der Waals surface area contributed by atoms with Crippen LogP contribution in [0, 0.1) is 0 Å². The maximum Gasteiger partial charge on any atom is 0.222 e. The molecule has 0 atom stereocenters. The van der Waals surface area contributed by atoms with Crippen molar-refractivity contribution in [2.75, 3.05) is 19.7 Å². The zero-order valence-corrected chi connectivity index (χ0v) is 17.1. The SMILES string of the molecule is NC(=O)CCN(CCc1ccccc1)C(=O)CCCOc1ccc(Cl)cc1Cl. The maximum atomic E-state index is 12.6. The molecule has 2 amide bonds. The van der Waals surface area contributed by atoms with Crippen LogP contribution >= 0.6 is 23.2 Å². The summed E-state index contributed by atoms with van der Waals surface area (Å²) in [5, 5.41) is 0.973. The van der Waals surface area contributed by atoms with Crippen molar-refractivity contribution in [3.8, 4) is 5.75 Å². The van der Waals surface area contributed by atoms with Crippen LogP contribution in [-0.2, 0) is 16.0 Å². The van der Waals surface area contributed by atoms with Crippen LogP contribution in [-0.4, -0.2) is 36.4 Å². The number of rotatable bonds is 11. The maximum absolute atomic E-state index is 12.6. The summed E-state index contributed by atoms with van der Waals surface area (Å²) >= 11 is 11.9. The molecule has 0 aliphatic rings. The molecule has 28 heavy (non-hydrogen) atoms. The average molecular weight is 423 g/mol. The summed E-state index contributed by atoms with van der Waals surface area (Å²) in [7, 11) is 0. The third kappa shape index (κ3) is 7.79. The van der Waals surface area contributed by atoms with Gasteiger partial charge in [0.15, 0.2) is 0 Å². The molecular weight excluding hydrogens is 399 g/mol. The van der Waals surface area contributed by atoms with Gasteiger partial charge in [0.1, 0.15) is 5.75 Å². The molecule has 0 radical (unpaired) electrons. The summed E-state index contributed by atoms with van der Waals surface area (Å²) in [5.41, 5.74) is 6.38. The number of nitrogens with two attached hydrogens (primary N) is 1. The van der Waals surface area contributed by atoms with Crippen molar-refractivity contribution >= 4 is 35.0 Å². The van der Waals surface area contributed by atoms with Crippen molar-refractivity contribution in [3.05, 3.63) is 64.1 Å². The van der Waals surface area contributed by atoms with Crippen molar-refractivity contribution in [3.63, 3.8) is 0 Å². The minimum Gasteiger partial charge on any atom is -0.492 e. The first-order valence-corrected chi connectivity index (χ1v) is 9.89. The van der Waals surface area contributed by atoms with Crippen LogP contribution < -0.4 is 10.5 Å². The number of amides is 2. The Bertz CT molecular complexity index is 784. The third-order valence-corrected chi connectivity index (χ3v) is 4.71. The Kier molecular flexibility index (Phi) is 9.11. The lowest BCUT2D eigenvalue weighted by atomic mass is 10.1. The fraction of sp³-hybridized carbons (Fsp3) is 0.333. The van der Waals surface area contributed by atoms with Gasteiger partial charge in [-0.25, -0.2) is 0 Å². The van der Waals surface area contributed by atoms with Gasteiger partial charge in [0.25, 0.3) is 0 Å². The van der Waals surface area contributed by atoms with E-state index in [1.54, 1.807) is 23.1 Å². The van der Waals surface area contributed by atoms with Crippen molar-refractivity contribution in [1.82, 2.24) is 4.90 Å². The van der Waals surface area contributed by atoms with E-state index in [0.717, 1.165) is 12.0 Å². The molecule has 0 saturated heterocycles. The standard InChI is InChI=1S/C21H24Cl2N2O3/c22-17-8-9-19(18(23)15-17)28-14-4-7-21(27)25(13-11-20(24)26)12-10-16-5-2-1-3-6-16/h1-3,5-6,8-9,15H,4,7,10-14H2,(H2,24,26). The van der Waals surface area contributed by atoms with Crippen LogP contribution in [0.5, 0.6) is 5.75 Å². The van der Waals surface area contributed by atoms with Gasteiger partial charge in [-0.05, 0) is 36.6 Å². The fourth-order valence-electron chi connectivity index (χ4n) is 2.67. The van der Waals surface area contributed by atoms with Crippen LogP contribution in [0.3, 0.4) is 0 Å². The highest BCUT2D eigenvalue weighted by atomic mass is 35.5. The van der Waals surface area contributed by atoms with E-state index < -0.39 is 5.91 Å². The summed E-state index contributed by atoms with van der Waals surface area (Å²) in [6, 6.07) is 14.9. The van der Waals surface area contributed by atoms with E-state index in [-0.39, 0.29) is 12.3 Å². The molecule has 0 aliphatic heterocycles. The number of nitrogens with zero attached hydrogens (tertiary/aromatic N) is 1. The molecule has 0 heterocycles. The Morgan fingerprint density at radius 3 is 2.43 bits per heavy atom. The lowest BCUT2D eigenvalue weighted by Gasteiger charge is -2.22. The van der Waals surface area contributed by atoms with Gasteiger partial charge in [-0.2, -0.15) is 0 Å². The van der Waals surface area contributed by atoms with E-state index in [9.17, 15) is 9.59 Å². The normalized spacial score (nSPS) is 10.5. The van der Waals surface area contributed by atoms with Crippen molar-refractivity contribution in [1.29, 1.82) is 0 Å². The molecule has 7 heteroatoms. The number of carbonyl (C=O) groups excluding carboxylic acids is 2. The van der Waals surface area contributed by atoms with Crippen LogP contribution in [0.2, 0.25) is 10.0 Å². The summed E-state index contributed by atoms with van der Waals surface area (Å²) in [6.45, 7) is 1.22. The van der Waals surface area contributed by atoms with Crippen molar-refractivity contribution in [2.24, 2.45) is 5.73 Å². The molecule has 5 nitrogen and oxygen atoms in total. The second kappa shape index (κ2) is 11.6. The summed E-state index contributed by atoms with van der Waals surface area (Å²) in [6.07, 6.45) is 1.73. The number of hydrogen-bond donors (Lipinski definition) is 1. The highest BCUT2D eigenvalue weighted by Gasteiger charge is 2.14. The monoisotopic (exact) mass is 422 g/mol. The van der Waals surface area contributed by atoms with E-state index >= 15 is 0 Å². The van der Waals surface area contributed by atoms with Gasteiger partial charge in [-0.15, -0.1) is 0 Å². The molecule has 0 unspecified atom stereocenters. The number of halogens is 2. The Balaban J connectivity index is 1.82. The zero-order chi connectivity index (χ0) is 20.4. The van der Waals surface area contributed by atoms with E-state index in [4.69, 9.17) is 33.7 Å². The predicted molar refractivity (Wildman–Crippen MR) is 112 cm³/mol. The first-order chi connectivity index (χ1) is 13.5. The molecule has 0 bridgehead atoms. The average Bonchev–Trinajstić information content (AvgIpc) is 2.67. The molecule has 2 N–H and O–H groups in total. The summed E-state index contributed by atoms with van der Waals surface area (Å²) < 4.78 is 5.61. The molecule has 0 aromatic heterocycles. The van der Waals surface area contributed by atoms with Crippen LogP contribution in [0.4, 0.5) is 0 Å². The van der Waals surface area contributed by atoms with Crippen molar-refractivity contribution in [2.45, 2.75) is 25.7 Å². The number of ether oxygens (including phenoxy) is 1. The minimum absolute atomic E-state index is 0.0250. The Hall–Kier alpha value is -2.24. The largest absolute Gasteiger partial charge is 0.492 e. The van der Waals surface area contributed by atoms with Crippen LogP contribution in [0.25, 0.3) is 0 Å². The smallest absolute Gasteiger partial charge is 0.222 e. The van der Waals surface area contributed by atoms with Gasteiger partial charge >= 0.3 is 0 Å². The molecule has 0 saturated carbocycles. The number of carbonyl (C=O) groups is 2. The second-order valence-electron chi connectivity index (χ2n) is 6.36. The molecule has 150 valence electrons. The Morgan fingerprint density at radius 1 is 1.00 bits per heavy atom. The first-order valence-electron chi connectivity index (χ1n) is 9.13. The number of hydrogen-bond acceptors (Lipinski definition) is 3. The van der Waals surface area contributed by atoms with E-state index in [0.29, 0.717) is 48.3 Å². The van der Waals surface area contributed by atoms with Gasteiger partial charge in [0, 0.05) is 31.0 Å². The van der Waals surface area contributed by atoms with Gasteiger partial charge in [0.05, 0.1) is 11.6 Å². The van der Waals surface area contributed by atoms with Crippen LogP contribution in [0.15, 0.2) is 48.5 Å². The Morgan fingerprint density at radius 2 is 1.75 bits per heavy atom. The lowest BCUT2D eigenvalue weighted by Crippen LogP contribution is -2.35. The molecule has 2 rings (SSSR count). The highest BCUT2D eigenvalue weighted by molar-refractivity contribution is 6.35. The Labute approximate surface area is 175 Å². The first kappa shape index (κ1) is 22.1. The predicted octanol–water partition coefficient (Wildman–Crippen LogP) is 4.10. The minimum atomic E-state index is -0.418. The highest BCUT2D eigenvalue weighted by Crippen LogP contribution is 2.27. The quantitative estimate of drug-likeness (QED) is 0.553. The van der Waals surface area contributed by atoms with Gasteiger partial charge in [-0.3, -0.25) is 9.59 Å². The van der Waals surface area contributed by atoms with E-state index in [2.05, 4.69) is 0 Å². The molecule has 2 aromatic carbocycles. The molecular formula is C21H24Cl2N2O3. The summed E-state index contributed by atoms with van der Waals surface area (Å²) in [4.78, 5) is 25.4. The van der Waals surface area contributed by atoms with Crippen molar-refractivity contribution < 1.29 is 14.3 Å². The van der Waals surface area contributed by atoms with Crippen LogP contribution in [0.1, 0.15) is 24.8 Å². The number of primary amides is 1. The lowest BCUT2D eigenvalue weighted by molar-refractivity contribution is -0.131. The zero-order valence-electron chi connectivity index (χ0n) is 15.6. The fourth-order valence-corrected chi connectivity index (χ4v) is 3.13. The van der Waals surface area contributed by atoms with E-state index in [1.165, 1.54) is 0 Å². The second-order valence-corrected chi connectivity index (χ2v) is 7.20. The molecule has 0 aliphatic carbocycles. The van der Waals surface area contributed by atoms with E-state index in [1.807, 2.05) is 30.3 Å². The third-order valence-electron chi connectivity index (χ3n) is 4.18. The molecule has 2 aromatic rings. The molecule has 0 spiro atoms.